The monoisotopic (exact) mass is 537 g/mol. The number of benzene rings is 2. The van der Waals surface area contributed by atoms with Gasteiger partial charge in [0.15, 0.2) is 0 Å². The van der Waals surface area contributed by atoms with Crippen LogP contribution in [0.15, 0.2) is 52.3 Å². The largest absolute Gasteiger partial charge is 0.497 e. The van der Waals surface area contributed by atoms with Crippen LogP contribution in [-0.4, -0.2) is 71.8 Å². The fourth-order valence-corrected chi connectivity index (χ4v) is 7.60. The molecule has 0 aliphatic carbocycles. The minimum absolute atomic E-state index is 0.0221. The summed E-state index contributed by atoms with van der Waals surface area (Å²) in [6.45, 7) is 1.27. The van der Waals surface area contributed by atoms with Gasteiger partial charge >= 0.3 is 0 Å². The van der Waals surface area contributed by atoms with Gasteiger partial charge in [0.1, 0.15) is 11.5 Å². The van der Waals surface area contributed by atoms with Crippen LogP contribution in [0.2, 0.25) is 0 Å². The molecule has 2 aliphatic heterocycles. The summed E-state index contributed by atoms with van der Waals surface area (Å²) in [5.74, 6) is -0.121. The van der Waals surface area contributed by atoms with Crippen LogP contribution in [0.5, 0.6) is 11.5 Å². The maximum atomic E-state index is 13.2. The van der Waals surface area contributed by atoms with E-state index in [9.17, 15) is 21.6 Å². The normalized spacial score (nSPS) is 19.7. The van der Waals surface area contributed by atoms with Crippen LogP contribution in [0.25, 0.3) is 0 Å². The van der Waals surface area contributed by atoms with Crippen LogP contribution in [-0.2, 0) is 24.8 Å². The number of carbonyl (C=O) groups is 1. The number of nitrogens with zero attached hydrogens (tertiary/aromatic N) is 2. The molecule has 1 amide bonds. The lowest BCUT2D eigenvalue weighted by molar-refractivity contribution is -0.120. The first-order valence-electron chi connectivity index (χ1n) is 11.8. The number of ether oxygens (including phenoxy) is 2. The molecule has 2 saturated heterocycles. The van der Waals surface area contributed by atoms with Crippen molar-refractivity contribution in [3.05, 3.63) is 42.5 Å². The quantitative estimate of drug-likeness (QED) is 0.549. The van der Waals surface area contributed by atoms with Crippen molar-refractivity contribution in [2.75, 3.05) is 45.7 Å². The van der Waals surface area contributed by atoms with Gasteiger partial charge in [0.2, 0.25) is 26.0 Å². The summed E-state index contributed by atoms with van der Waals surface area (Å²) in [4.78, 5) is 13.4. The molecule has 2 fully saturated rings. The molecule has 2 heterocycles. The summed E-state index contributed by atoms with van der Waals surface area (Å²) in [5, 5.41) is 2.78. The van der Waals surface area contributed by atoms with E-state index in [2.05, 4.69) is 5.32 Å². The van der Waals surface area contributed by atoms with Crippen LogP contribution in [0, 0.1) is 5.92 Å². The van der Waals surface area contributed by atoms with E-state index in [4.69, 9.17) is 9.47 Å². The van der Waals surface area contributed by atoms with Gasteiger partial charge in [-0.3, -0.25) is 4.79 Å². The number of rotatable bonds is 8. The molecule has 4 rings (SSSR count). The van der Waals surface area contributed by atoms with Gasteiger partial charge in [0.25, 0.3) is 0 Å². The van der Waals surface area contributed by atoms with Crippen LogP contribution < -0.4 is 14.8 Å². The van der Waals surface area contributed by atoms with Gasteiger partial charge < -0.3 is 14.8 Å². The molecule has 10 nitrogen and oxygen atoms in total. The topological polar surface area (TPSA) is 122 Å². The summed E-state index contributed by atoms with van der Waals surface area (Å²) in [6, 6.07) is 10.5. The minimum Gasteiger partial charge on any atom is -0.497 e. The van der Waals surface area contributed by atoms with Gasteiger partial charge in [-0.1, -0.05) is 0 Å². The van der Waals surface area contributed by atoms with Gasteiger partial charge in [0, 0.05) is 26.2 Å². The minimum atomic E-state index is -3.79. The summed E-state index contributed by atoms with van der Waals surface area (Å²) in [6.07, 6.45) is 2.66. The number of nitrogens with one attached hydrogen (secondary N) is 1. The lowest BCUT2D eigenvalue weighted by atomic mass is 9.98. The first-order valence-corrected chi connectivity index (χ1v) is 14.7. The molecule has 2 aliphatic rings. The summed E-state index contributed by atoms with van der Waals surface area (Å²) in [5.41, 5.74) is 0.234. The Morgan fingerprint density at radius 1 is 0.833 bits per heavy atom. The maximum absolute atomic E-state index is 13.2. The predicted molar refractivity (Wildman–Crippen MR) is 134 cm³/mol. The molecule has 0 radical (unpaired) electrons. The number of sulfonamides is 2. The number of hydrogen-bond donors (Lipinski definition) is 1. The molecule has 0 bridgehead atoms. The van der Waals surface area contributed by atoms with Crippen molar-refractivity contribution in [1.29, 1.82) is 0 Å². The van der Waals surface area contributed by atoms with Gasteiger partial charge in [-0.25, -0.2) is 16.8 Å². The van der Waals surface area contributed by atoms with Crippen molar-refractivity contribution >= 4 is 31.6 Å². The van der Waals surface area contributed by atoms with Crippen LogP contribution >= 0.6 is 0 Å². The first kappa shape index (κ1) is 26.4. The van der Waals surface area contributed by atoms with Crippen molar-refractivity contribution in [1.82, 2.24) is 8.61 Å². The molecule has 1 atom stereocenters. The standard InChI is InChI=1S/C24H31N3O7S2/c1-33-19-7-9-20(10-8-19)35(29,30)27-15-5-6-18(17-27)24(28)25-22-16-21(11-12-23(22)34-2)36(31,32)26-13-3-4-14-26/h7-12,16,18H,3-6,13-15,17H2,1-2H3,(H,25,28)/t18-/m0/s1. The van der Waals surface area contributed by atoms with Crippen LogP contribution in [0.3, 0.4) is 0 Å². The van der Waals surface area contributed by atoms with E-state index in [1.807, 2.05) is 0 Å². The van der Waals surface area contributed by atoms with Crippen molar-refractivity contribution in [3.8, 4) is 11.5 Å². The highest BCUT2D eigenvalue weighted by atomic mass is 32.2. The van der Waals surface area contributed by atoms with Crippen molar-refractivity contribution in [2.24, 2.45) is 5.92 Å². The molecule has 0 saturated carbocycles. The lowest BCUT2D eigenvalue weighted by Gasteiger charge is -2.31. The van der Waals surface area contributed by atoms with E-state index < -0.39 is 31.9 Å². The molecule has 196 valence electrons. The van der Waals surface area contributed by atoms with E-state index in [-0.39, 0.29) is 22.0 Å². The second-order valence-electron chi connectivity index (χ2n) is 8.84. The Morgan fingerprint density at radius 2 is 1.44 bits per heavy atom. The van der Waals surface area contributed by atoms with Crippen molar-refractivity contribution in [2.45, 2.75) is 35.5 Å². The average molecular weight is 538 g/mol. The zero-order valence-electron chi connectivity index (χ0n) is 20.3. The van der Waals surface area contributed by atoms with Crippen molar-refractivity contribution in [3.63, 3.8) is 0 Å². The van der Waals surface area contributed by atoms with Gasteiger partial charge in [0.05, 0.1) is 35.6 Å². The molecule has 12 heteroatoms. The highest BCUT2D eigenvalue weighted by Crippen LogP contribution is 2.32. The zero-order chi connectivity index (χ0) is 25.9. The first-order chi connectivity index (χ1) is 17.2. The Hall–Kier alpha value is -2.67. The Balaban J connectivity index is 1.51. The summed E-state index contributed by atoms with van der Waals surface area (Å²) < 4.78 is 65.5. The van der Waals surface area contributed by atoms with Crippen LogP contribution in [0.4, 0.5) is 5.69 Å². The van der Waals surface area contributed by atoms with E-state index in [1.165, 1.54) is 53.2 Å². The molecule has 36 heavy (non-hydrogen) atoms. The fraction of sp³-hybridized carbons (Fsp3) is 0.458. The molecule has 0 spiro atoms. The second-order valence-corrected chi connectivity index (χ2v) is 12.7. The summed E-state index contributed by atoms with van der Waals surface area (Å²) in [7, 11) is -4.53. The molecule has 1 N–H and O–H groups in total. The highest BCUT2D eigenvalue weighted by Gasteiger charge is 2.34. The molecular weight excluding hydrogens is 506 g/mol. The van der Waals surface area contributed by atoms with Gasteiger partial charge in [-0.2, -0.15) is 8.61 Å². The maximum Gasteiger partial charge on any atom is 0.243 e. The molecule has 0 aromatic heterocycles. The van der Waals surface area contributed by atoms with Gasteiger partial charge in [-0.05, 0) is 68.1 Å². The third kappa shape index (κ3) is 5.36. The third-order valence-electron chi connectivity index (χ3n) is 6.58. The molecule has 2 aromatic rings. The Labute approximate surface area is 212 Å². The van der Waals surface area contributed by atoms with Crippen LogP contribution in [0.1, 0.15) is 25.7 Å². The molecule has 2 aromatic carbocycles. The SMILES string of the molecule is COc1ccc(S(=O)(=O)N2CCC[C@H](C(=O)Nc3cc(S(=O)(=O)N4CCCC4)ccc3OC)C2)cc1. The lowest BCUT2D eigenvalue weighted by Crippen LogP contribution is -2.43. The Kier molecular flexibility index (Phi) is 7.88. The smallest absolute Gasteiger partial charge is 0.243 e. The number of methoxy groups -OCH3 is 2. The Morgan fingerprint density at radius 3 is 2.08 bits per heavy atom. The number of carbonyl (C=O) groups excluding carboxylic acids is 1. The number of anilines is 1. The fourth-order valence-electron chi connectivity index (χ4n) is 4.53. The van der Waals surface area contributed by atoms with Gasteiger partial charge in [-0.15, -0.1) is 0 Å². The van der Waals surface area contributed by atoms with E-state index in [1.54, 1.807) is 12.1 Å². The Bertz CT molecular complexity index is 1310. The predicted octanol–water partition coefficient (Wildman–Crippen LogP) is 2.53. The van der Waals surface area contributed by atoms with E-state index in [0.717, 1.165) is 12.8 Å². The zero-order valence-corrected chi connectivity index (χ0v) is 22.0. The van der Waals surface area contributed by atoms with Crippen molar-refractivity contribution < 1.29 is 31.1 Å². The average Bonchev–Trinajstić information content (AvgIpc) is 3.45. The molecular formula is C24H31N3O7S2. The third-order valence-corrected chi connectivity index (χ3v) is 10.4. The molecule has 0 unspecified atom stereocenters. The summed E-state index contributed by atoms with van der Waals surface area (Å²) >= 11 is 0. The van der Waals surface area contributed by atoms with E-state index in [0.29, 0.717) is 44.0 Å². The second kappa shape index (κ2) is 10.8. The number of amides is 1. The number of piperidine rings is 1. The highest BCUT2D eigenvalue weighted by molar-refractivity contribution is 7.89. The van der Waals surface area contributed by atoms with E-state index >= 15 is 0 Å². The number of hydrogen-bond acceptors (Lipinski definition) is 7.